The van der Waals surface area contributed by atoms with Gasteiger partial charge in [-0.25, -0.2) is 15.0 Å². The summed E-state index contributed by atoms with van der Waals surface area (Å²) in [5, 5.41) is 2.46. The minimum absolute atomic E-state index is 0.0178. The molecule has 0 bridgehead atoms. The average molecular weight is 580 g/mol. The lowest BCUT2D eigenvalue weighted by Gasteiger charge is -2.24. The zero-order valence-corrected chi connectivity index (χ0v) is 24.5. The topological polar surface area (TPSA) is 47.9 Å². The first-order valence-electron chi connectivity index (χ1n) is 15.5. The van der Waals surface area contributed by atoms with Crippen molar-refractivity contribution >= 4 is 22.4 Å². The molecule has 0 fully saturated rings. The molecule has 0 spiro atoms. The highest BCUT2D eigenvalue weighted by atomic mass is 16.5. The highest BCUT2D eigenvalue weighted by Crippen LogP contribution is 2.51. The van der Waals surface area contributed by atoms with Crippen LogP contribution in [0.15, 0.2) is 140 Å². The average Bonchev–Trinajstić information content (AvgIpc) is 3.51. The van der Waals surface area contributed by atoms with E-state index in [4.69, 9.17) is 19.7 Å². The molecule has 2 aliphatic carbocycles. The number of fused-ring (bicyclic) bond motifs is 5. The first kappa shape index (κ1) is 25.8. The third-order valence-corrected chi connectivity index (χ3v) is 9.22. The summed E-state index contributed by atoms with van der Waals surface area (Å²) in [7, 11) is 0. The second kappa shape index (κ2) is 10.5. The lowest BCUT2D eigenvalue weighted by Crippen LogP contribution is -2.20. The highest BCUT2D eigenvalue weighted by Gasteiger charge is 2.40. The van der Waals surface area contributed by atoms with E-state index in [9.17, 15) is 0 Å². The van der Waals surface area contributed by atoms with Crippen LogP contribution < -0.4 is 4.74 Å². The Morgan fingerprint density at radius 3 is 2.40 bits per heavy atom. The van der Waals surface area contributed by atoms with Gasteiger partial charge < -0.3 is 4.74 Å². The van der Waals surface area contributed by atoms with Crippen LogP contribution in [0.3, 0.4) is 0 Å². The van der Waals surface area contributed by atoms with Gasteiger partial charge in [-0.1, -0.05) is 127 Å². The van der Waals surface area contributed by atoms with Crippen LogP contribution in [-0.2, 0) is 6.42 Å². The van der Waals surface area contributed by atoms with Gasteiger partial charge in [-0.3, -0.25) is 0 Å². The van der Waals surface area contributed by atoms with Gasteiger partial charge in [-0.15, -0.1) is 0 Å². The fourth-order valence-electron chi connectivity index (χ4n) is 7.02. The Hall–Kier alpha value is -5.61. The summed E-state index contributed by atoms with van der Waals surface area (Å²) < 4.78 is 6.60. The van der Waals surface area contributed by atoms with Gasteiger partial charge in [0, 0.05) is 22.6 Å². The molecular weight excluding hydrogens is 550 g/mol. The molecule has 0 saturated carbocycles. The van der Waals surface area contributed by atoms with Crippen LogP contribution in [0.25, 0.3) is 45.2 Å². The maximum absolute atomic E-state index is 6.60. The van der Waals surface area contributed by atoms with E-state index in [1.54, 1.807) is 0 Å². The van der Waals surface area contributed by atoms with E-state index in [1.165, 1.54) is 33.0 Å². The molecule has 4 heteroatoms. The Balaban J connectivity index is 1.19. The Kier molecular flexibility index (Phi) is 6.05. The molecule has 3 atom stereocenters. The van der Waals surface area contributed by atoms with Crippen LogP contribution in [0.5, 0.6) is 5.75 Å². The first-order chi connectivity index (χ1) is 22.3. The molecule has 4 nitrogen and oxygen atoms in total. The Morgan fingerprint density at radius 1 is 0.644 bits per heavy atom. The zero-order valence-electron chi connectivity index (χ0n) is 24.5. The minimum atomic E-state index is -0.0969. The monoisotopic (exact) mass is 579 g/mol. The fraction of sp³-hybridized carbons (Fsp3) is 0.0976. The van der Waals surface area contributed by atoms with Crippen molar-refractivity contribution in [2.24, 2.45) is 0 Å². The summed E-state index contributed by atoms with van der Waals surface area (Å²) in [6.07, 6.45) is 11.7. The molecule has 0 radical (unpaired) electrons. The van der Waals surface area contributed by atoms with E-state index >= 15 is 0 Å². The number of hydrogen-bond donors (Lipinski definition) is 0. The SMILES string of the molecule is C1=CC2Oc3cccc(-c4nc(-c5ccccc5)nc(C5C=Cc6ccccc6C5)n4)c3C2C(c2ccc3ccccc3c2)=C1. The maximum atomic E-state index is 6.60. The Labute approximate surface area is 262 Å². The third-order valence-electron chi connectivity index (χ3n) is 9.22. The predicted molar refractivity (Wildman–Crippen MR) is 181 cm³/mol. The molecule has 3 unspecified atom stereocenters. The Bertz CT molecular complexity index is 2200. The number of allylic oxidation sites excluding steroid dienone is 3. The van der Waals surface area contributed by atoms with Crippen molar-refractivity contribution in [1.82, 2.24) is 15.0 Å². The quantitative estimate of drug-likeness (QED) is 0.209. The van der Waals surface area contributed by atoms with Gasteiger partial charge in [0.15, 0.2) is 11.6 Å². The molecule has 6 aromatic rings. The van der Waals surface area contributed by atoms with Crippen molar-refractivity contribution < 1.29 is 4.74 Å². The summed E-state index contributed by atoms with van der Waals surface area (Å²) in [5.41, 5.74) is 8.10. The van der Waals surface area contributed by atoms with Gasteiger partial charge in [-0.2, -0.15) is 0 Å². The number of nitrogens with zero attached hydrogens (tertiary/aromatic N) is 3. The van der Waals surface area contributed by atoms with Crippen LogP contribution in [-0.4, -0.2) is 21.1 Å². The molecule has 45 heavy (non-hydrogen) atoms. The summed E-state index contributed by atoms with van der Waals surface area (Å²) in [6.45, 7) is 0. The highest BCUT2D eigenvalue weighted by molar-refractivity contribution is 5.89. The summed E-state index contributed by atoms with van der Waals surface area (Å²) in [5.74, 6) is 3.10. The predicted octanol–water partition coefficient (Wildman–Crippen LogP) is 9.21. The molecule has 5 aromatic carbocycles. The summed E-state index contributed by atoms with van der Waals surface area (Å²) in [6, 6.07) is 40.3. The lowest BCUT2D eigenvalue weighted by atomic mass is 9.79. The van der Waals surface area contributed by atoms with Crippen molar-refractivity contribution in [3.63, 3.8) is 0 Å². The molecule has 2 heterocycles. The molecule has 0 N–H and O–H groups in total. The van der Waals surface area contributed by atoms with Crippen LogP contribution in [0.2, 0.25) is 0 Å². The van der Waals surface area contributed by atoms with E-state index in [0.29, 0.717) is 11.6 Å². The van der Waals surface area contributed by atoms with E-state index in [2.05, 4.69) is 127 Å². The number of aromatic nitrogens is 3. The number of rotatable bonds is 4. The van der Waals surface area contributed by atoms with Crippen molar-refractivity contribution in [2.75, 3.05) is 0 Å². The molecule has 3 aliphatic rings. The fourth-order valence-corrected chi connectivity index (χ4v) is 7.02. The molecule has 1 aliphatic heterocycles. The van der Waals surface area contributed by atoms with E-state index in [-0.39, 0.29) is 17.9 Å². The van der Waals surface area contributed by atoms with Crippen molar-refractivity contribution in [3.8, 4) is 28.5 Å². The number of benzene rings is 5. The van der Waals surface area contributed by atoms with Crippen molar-refractivity contribution in [3.05, 3.63) is 168 Å². The standard InChI is InChI=1S/C41H29N3O/c1-2-12-28(13-3-1)39-42-40(32-23-21-27-11-5-7-15-30(27)25-32)44-41(43-39)34-17-9-19-36-38(34)37-33(16-8-18-35(37)45-36)31-22-20-26-10-4-6-14-29(26)24-31/h1-24,32,35,37H,25H2. The van der Waals surface area contributed by atoms with Crippen LogP contribution in [0.1, 0.15) is 39.9 Å². The molecule has 1 aromatic heterocycles. The smallest absolute Gasteiger partial charge is 0.164 e. The second-order valence-electron chi connectivity index (χ2n) is 11.9. The summed E-state index contributed by atoms with van der Waals surface area (Å²) >= 11 is 0. The van der Waals surface area contributed by atoms with E-state index in [0.717, 1.165) is 34.7 Å². The van der Waals surface area contributed by atoms with E-state index in [1.807, 2.05) is 18.2 Å². The molecule has 214 valence electrons. The zero-order chi connectivity index (χ0) is 29.7. The largest absolute Gasteiger partial charge is 0.485 e. The summed E-state index contributed by atoms with van der Waals surface area (Å²) in [4.78, 5) is 15.4. The van der Waals surface area contributed by atoms with Gasteiger partial charge in [0.2, 0.25) is 0 Å². The number of hydrogen-bond acceptors (Lipinski definition) is 4. The maximum Gasteiger partial charge on any atom is 0.164 e. The van der Waals surface area contributed by atoms with Gasteiger partial charge in [0.05, 0.1) is 5.92 Å². The first-order valence-corrected chi connectivity index (χ1v) is 15.5. The van der Waals surface area contributed by atoms with Crippen molar-refractivity contribution in [1.29, 1.82) is 0 Å². The molecule has 0 saturated heterocycles. The van der Waals surface area contributed by atoms with Gasteiger partial charge >= 0.3 is 0 Å². The molecular formula is C41H29N3O. The molecule has 9 rings (SSSR count). The molecule has 0 amide bonds. The van der Waals surface area contributed by atoms with Gasteiger partial charge in [0.25, 0.3) is 0 Å². The minimum Gasteiger partial charge on any atom is -0.485 e. The van der Waals surface area contributed by atoms with Crippen LogP contribution >= 0.6 is 0 Å². The second-order valence-corrected chi connectivity index (χ2v) is 11.9. The van der Waals surface area contributed by atoms with Crippen molar-refractivity contribution in [2.45, 2.75) is 24.4 Å². The number of ether oxygens (including phenoxy) is 1. The van der Waals surface area contributed by atoms with Crippen LogP contribution in [0, 0.1) is 0 Å². The van der Waals surface area contributed by atoms with Gasteiger partial charge in [0.1, 0.15) is 17.7 Å². The third kappa shape index (κ3) is 4.49. The normalized spacial score (nSPS) is 19.4. The lowest BCUT2D eigenvalue weighted by molar-refractivity contribution is 0.271. The van der Waals surface area contributed by atoms with Gasteiger partial charge in [-0.05, 0) is 57.7 Å². The Morgan fingerprint density at radius 2 is 1.47 bits per heavy atom. The van der Waals surface area contributed by atoms with E-state index < -0.39 is 0 Å². The van der Waals surface area contributed by atoms with Crippen LogP contribution in [0.4, 0.5) is 0 Å².